The highest BCUT2D eigenvalue weighted by molar-refractivity contribution is 5.80. The summed E-state index contributed by atoms with van der Waals surface area (Å²) in [6.07, 6.45) is 1.74. The largest absolute Gasteiger partial charge is 0.496 e. The van der Waals surface area contributed by atoms with Gasteiger partial charge in [-0.25, -0.2) is 4.98 Å². The molecule has 3 aromatic rings. The van der Waals surface area contributed by atoms with Gasteiger partial charge >= 0.3 is 0 Å². The van der Waals surface area contributed by atoms with Crippen molar-refractivity contribution in [3.05, 3.63) is 70.3 Å². The van der Waals surface area contributed by atoms with Crippen LogP contribution in [0.4, 0.5) is 0 Å². The monoisotopic (exact) mass is 379 g/mol. The van der Waals surface area contributed by atoms with E-state index in [1.54, 1.807) is 25.1 Å². The van der Waals surface area contributed by atoms with Gasteiger partial charge in [0.05, 0.1) is 30.4 Å². The number of ether oxygens (including phenoxy) is 1. The molecular formula is C22H25N3O3. The molecule has 1 heterocycles. The van der Waals surface area contributed by atoms with Gasteiger partial charge in [0.25, 0.3) is 5.56 Å². The zero-order valence-electron chi connectivity index (χ0n) is 16.7. The molecular weight excluding hydrogens is 354 g/mol. The number of rotatable bonds is 6. The predicted octanol–water partition coefficient (Wildman–Crippen LogP) is 3.32. The summed E-state index contributed by atoms with van der Waals surface area (Å²) < 4.78 is 6.90. The first kappa shape index (κ1) is 19.6. The molecule has 1 aromatic heterocycles. The Bertz CT molecular complexity index is 1060. The topological polar surface area (TPSA) is 64.4 Å². The van der Waals surface area contributed by atoms with Crippen LogP contribution < -0.4 is 10.3 Å². The van der Waals surface area contributed by atoms with Crippen molar-refractivity contribution in [2.24, 2.45) is 0 Å². The standard InChI is InChI=1S/C22H25N3O3/c1-15-8-7-10-18-21(15)23-14-25(22(18)27)13-12-20(26)24(3)16(2)17-9-5-6-11-19(17)28-4/h5-11,14,16H,12-13H2,1-4H3. The van der Waals surface area contributed by atoms with Crippen LogP contribution >= 0.6 is 0 Å². The highest BCUT2D eigenvalue weighted by atomic mass is 16.5. The number of fused-ring (bicyclic) bond motifs is 1. The van der Waals surface area contributed by atoms with Crippen molar-refractivity contribution in [3.63, 3.8) is 0 Å². The normalized spacial score (nSPS) is 12.0. The molecule has 3 rings (SSSR count). The third-order valence-corrected chi connectivity index (χ3v) is 5.19. The van der Waals surface area contributed by atoms with E-state index in [1.807, 2.05) is 50.2 Å². The summed E-state index contributed by atoms with van der Waals surface area (Å²) in [6, 6.07) is 13.1. The van der Waals surface area contributed by atoms with E-state index in [4.69, 9.17) is 4.74 Å². The van der Waals surface area contributed by atoms with Gasteiger partial charge in [0.15, 0.2) is 0 Å². The molecule has 28 heavy (non-hydrogen) atoms. The lowest BCUT2D eigenvalue weighted by Crippen LogP contribution is -2.32. The molecule has 146 valence electrons. The average Bonchev–Trinajstić information content (AvgIpc) is 2.72. The van der Waals surface area contributed by atoms with Crippen LogP contribution in [0.2, 0.25) is 0 Å². The van der Waals surface area contributed by atoms with Crippen LogP contribution in [0.15, 0.2) is 53.6 Å². The van der Waals surface area contributed by atoms with E-state index in [9.17, 15) is 9.59 Å². The molecule has 0 bridgehead atoms. The van der Waals surface area contributed by atoms with E-state index in [1.165, 1.54) is 10.9 Å². The van der Waals surface area contributed by atoms with Gasteiger partial charge in [0.1, 0.15) is 5.75 Å². The second-order valence-corrected chi connectivity index (χ2v) is 6.89. The lowest BCUT2D eigenvalue weighted by atomic mass is 10.1. The number of methoxy groups -OCH3 is 1. The Kier molecular flexibility index (Phi) is 5.78. The maximum absolute atomic E-state index is 12.7. The minimum Gasteiger partial charge on any atom is -0.496 e. The van der Waals surface area contributed by atoms with Crippen LogP contribution in [0.25, 0.3) is 10.9 Å². The maximum Gasteiger partial charge on any atom is 0.261 e. The van der Waals surface area contributed by atoms with E-state index in [-0.39, 0.29) is 30.5 Å². The maximum atomic E-state index is 12.7. The van der Waals surface area contributed by atoms with Gasteiger partial charge < -0.3 is 9.64 Å². The molecule has 0 fully saturated rings. The van der Waals surface area contributed by atoms with Crippen LogP contribution in [0.3, 0.4) is 0 Å². The van der Waals surface area contributed by atoms with Gasteiger partial charge in [-0.3, -0.25) is 14.2 Å². The summed E-state index contributed by atoms with van der Waals surface area (Å²) in [5, 5.41) is 0.575. The molecule has 0 aliphatic heterocycles. The van der Waals surface area contributed by atoms with Crippen LogP contribution in [0.1, 0.15) is 30.5 Å². The fraction of sp³-hybridized carbons (Fsp3) is 0.318. The van der Waals surface area contributed by atoms with Crippen LogP contribution in [0.5, 0.6) is 5.75 Å². The molecule has 1 atom stereocenters. The summed E-state index contributed by atoms with van der Waals surface area (Å²) in [5.74, 6) is 0.703. The zero-order valence-corrected chi connectivity index (χ0v) is 16.7. The van der Waals surface area contributed by atoms with Crippen molar-refractivity contribution in [1.82, 2.24) is 14.5 Å². The SMILES string of the molecule is COc1ccccc1C(C)N(C)C(=O)CCn1cnc2c(C)cccc2c1=O. The van der Waals surface area contributed by atoms with Crippen LogP contribution in [-0.2, 0) is 11.3 Å². The molecule has 0 spiro atoms. The van der Waals surface area contributed by atoms with Crippen molar-refractivity contribution in [1.29, 1.82) is 0 Å². The number of amides is 1. The fourth-order valence-corrected chi connectivity index (χ4v) is 3.33. The number of carbonyl (C=O) groups is 1. The number of aromatic nitrogens is 2. The Morgan fingerprint density at radius 2 is 1.96 bits per heavy atom. The summed E-state index contributed by atoms with van der Waals surface area (Å²) in [6.45, 7) is 4.18. The number of hydrogen-bond donors (Lipinski definition) is 0. The number of hydrogen-bond acceptors (Lipinski definition) is 4. The van der Waals surface area contributed by atoms with E-state index < -0.39 is 0 Å². The highest BCUT2D eigenvalue weighted by Crippen LogP contribution is 2.28. The number of nitrogens with zero attached hydrogens (tertiary/aromatic N) is 3. The van der Waals surface area contributed by atoms with Crippen LogP contribution in [0, 0.1) is 6.92 Å². The van der Waals surface area contributed by atoms with Gasteiger partial charge in [0.2, 0.25) is 5.91 Å². The molecule has 1 unspecified atom stereocenters. The fourth-order valence-electron chi connectivity index (χ4n) is 3.33. The lowest BCUT2D eigenvalue weighted by molar-refractivity contribution is -0.132. The molecule has 0 aliphatic rings. The zero-order chi connectivity index (χ0) is 20.3. The van der Waals surface area contributed by atoms with Crippen molar-refractivity contribution >= 4 is 16.8 Å². The molecule has 0 radical (unpaired) electrons. The predicted molar refractivity (Wildman–Crippen MR) is 110 cm³/mol. The Morgan fingerprint density at radius 1 is 1.21 bits per heavy atom. The van der Waals surface area contributed by atoms with Gasteiger partial charge in [-0.15, -0.1) is 0 Å². The number of benzene rings is 2. The number of para-hydroxylation sites is 2. The first-order valence-corrected chi connectivity index (χ1v) is 9.27. The van der Waals surface area contributed by atoms with Crippen molar-refractivity contribution in [2.75, 3.05) is 14.2 Å². The Labute approximate surface area is 164 Å². The molecule has 1 amide bonds. The van der Waals surface area contributed by atoms with Crippen molar-refractivity contribution in [2.45, 2.75) is 32.9 Å². The van der Waals surface area contributed by atoms with Gasteiger partial charge in [0, 0.05) is 25.6 Å². The molecule has 0 N–H and O–H groups in total. The number of aryl methyl sites for hydroxylation is 2. The Hall–Kier alpha value is -3.15. The molecule has 6 heteroatoms. The second kappa shape index (κ2) is 8.25. The Morgan fingerprint density at radius 3 is 2.71 bits per heavy atom. The summed E-state index contributed by atoms with van der Waals surface area (Å²) in [7, 11) is 3.39. The molecule has 0 saturated heterocycles. The van der Waals surface area contributed by atoms with Crippen LogP contribution in [-0.4, -0.2) is 34.5 Å². The van der Waals surface area contributed by atoms with Crippen molar-refractivity contribution < 1.29 is 9.53 Å². The smallest absolute Gasteiger partial charge is 0.261 e. The van der Waals surface area contributed by atoms with E-state index in [0.29, 0.717) is 10.9 Å². The average molecular weight is 379 g/mol. The molecule has 6 nitrogen and oxygen atoms in total. The Balaban J connectivity index is 1.74. The minimum atomic E-state index is -0.141. The van der Waals surface area contributed by atoms with Crippen molar-refractivity contribution in [3.8, 4) is 5.75 Å². The summed E-state index contributed by atoms with van der Waals surface area (Å²) in [4.78, 5) is 31.5. The quantitative estimate of drug-likeness (QED) is 0.659. The van der Waals surface area contributed by atoms with Gasteiger partial charge in [-0.2, -0.15) is 0 Å². The second-order valence-electron chi connectivity index (χ2n) is 6.89. The van der Waals surface area contributed by atoms with E-state index in [0.717, 1.165) is 16.9 Å². The number of carbonyl (C=O) groups excluding carboxylic acids is 1. The molecule has 0 saturated carbocycles. The lowest BCUT2D eigenvalue weighted by Gasteiger charge is -2.26. The summed E-state index contributed by atoms with van der Waals surface area (Å²) in [5.41, 5.74) is 2.49. The first-order chi connectivity index (χ1) is 13.4. The van der Waals surface area contributed by atoms with E-state index >= 15 is 0 Å². The minimum absolute atomic E-state index is 0.0466. The van der Waals surface area contributed by atoms with E-state index in [2.05, 4.69) is 4.98 Å². The van der Waals surface area contributed by atoms with Gasteiger partial charge in [-0.05, 0) is 31.5 Å². The summed E-state index contributed by atoms with van der Waals surface area (Å²) >= 11 is 0. The molecule has 2 aromatic carbocycles. The third kappa shape index (κ3) is 3.76. The highest BCUT2D eigenvalue weighted by Gasteiger charge is 2.20. The molecule has 0 aliphatic carbocycles. The third-order valence-electron chi connectivity index (χ3n) is 5.19. The van der Waals surface area contributed by atoms with Gasteiger partial charge in [-0.1, -0.05) is 30.3 Å². The first-order valence-electron chi connectivity index (χ1n) is 9.27.